The third kappa shape index (κ3) is 2.64. The molecular formula is C16H22N2O2. The molecule has 2 N–H and O–H groups in total. The minimum absolute atomic E-state index is 0.0133. The Balaban J connectivity index is 2.72. The largest absolute Gasteiger partial charge is 0.496 e. The molecule has 1 aromatic heterocycles. The number of hydrogen-bond acceptors (Lipinski definition) is 4. The van der Waals surface area contributed by atoms with Gasteiger partial charge in [-0.05, 0) is 23.5 Å². The van der Waals surface area contributed by atoms with Gasteiger partial charge in [0, 0.05) is 17.2 Å². The lowest BCUT2D eigenvalue weighted by Crippen LogP contribution is -2.14. The maximum atomic E-state index is 5.64. The van der Waals surface area contributed by atoms with Crippen LogP contribution in [0, 0.1) is 0 Å². The molecule has 1 heterocycles. The predicted molar refractivity (Wildman–Crippen MR) is 81.0 cm³/mol. The number of nitrogens with two attached hydrogens (primary N) is 1. The molecule has 0 fully saturated rings. The van der Waals surface area contributed by atoms with Crippen LogP contribution in [-0.2, 0) is 11.8 Å². The quantitative estimate of drug-likeness (QED) is 0.925. The van der Waals surface area contributed by atoms with Crippen molar-refractivity contribution in [2.75, 3.05) is 12.8 Å². The first-order chi connectivity index (χ1) is 9.36. The van der Waals surface area contributed by atoms with E-state index < -0.39 is 0 Å². The predicted octanol–water partition coefficient (Wildman–Crippen LogP) is 3.79. The Morgan fingerprint density at radius 1 is 1.25 bits per heavy atom. The molecule has 4 heteroatoms. The summed E-state index contributed by atoms with van der Waals surface area (Å²) in [5.74, 6) is 1.14. The molecule has 0 aliphatic rings. The Morgan fingerprint density at radius 2 is 1.95 bits per heavy atom. The number of nitrogen functional groups attached to an aromatic ring is 1. The summed E-state index contributed by atoms with van der Waals surface area (Å²) in [6.07, 6.45) is 0.952. The molecule has 108 valence electrons. The molecule has 2 aromatic rings. The lowest BCUT2D eigenvalue weighted by atomic mass is 9.83. The number of methoxy groups -OCH3 is 1. The van der Waals surface area contributed by atoms with Gasteiger partial charge in [-0.15, -0.1) is 0 Å². The van der Waals surface area contributed by atoms with E-state index in [-0.39, 0.29) is 5.41 Å². The molecule has 20 heavy (non-hydrogen) atoms. The van der Waals surface area contributed by atoms with Crippen molar-refractivity contribution in [3.05, 3.63) is 29.3 Å². The number of rotatable bonds is 3. The molecule has 2 rings (SSSR count). The zero-order valence-electron chi connectivity index (χ0n) is 12.8. The minimum atomic E-state index is -0.0133. The fourth-order valence-corrected chi connectivity index (χ4v) is 2.28. The van der Waals surface area contributed by atoms with E-state index >= 15 is 0 Å². The molecule has 0 saturated carbocycles. The number of aromatic nitrogens is 1. The van der Waals surface area contributed by atoms with Crippen LogP contribution in [0.4, 0.5) is 5.88 Å². The highest BCUT2D eigenvalue weighted by atomic mass is 16.5. The highest BCUT2D eigenvalue weighted by Crippen LogP contribution is 2.40. The Morgan fingerprint density at radius 3 is 2.40 bits per heavy atom. The van der Waals surface area contributed by atoms with E-state index in [9.17, 15) is 0 Å². The van der Waals surface area contributed by atoms with Crippen molar-refractivity contribution in [2.24, 2.45) is 0 Å². The molecule has 0 saturated heterocycles. The maximum absolute atomic E-state index is 5.64. The zero-order chi connectivity index (χ0) is 14.9. The molecule has 0 unspecified atom stereocenters. The van der Waals surface area contributed by atoms with Crippen LogP contribution in [0.15, 0.2) is 22.7 Å². The Labute approximate surface area is 119 Å². The number of hydrogen-bond donors (Lipinski definition) is 1. The van der Waals surface area contributed by atoms with E-state index in [0.29, 0.717) is 11.6 Å². The van der Waals surface area contributed by atoms with Crippen molar-refractivity contribution in [1.29, 1.82) is 0 Å². The third-order valence-electron chi connectivity index (χ3n) is 3.37. The third-order valence-corrected chi connectivity index (χ3v) is 3.37. The van der Waals surface area contributed by atoms with Crippen molar-refractivity contribution in [2.45, 2.75) is 39.5 Å². The standard InChI is InChI=1S/C16H22N2O2/c1-6-10-7-11(13-9-14(17)20-18-13)15(19-5)12(8-10)16(2,3)4/h7-9H,6,17H2,1-5H3. The van der Waals surface area contributed by atoms with Gasteiger partial charge in [-0.1, -0.05) is 38.9 Å². The molecule has 4 nitrogen and oxygen atoms in total. The van der Waals surface area contributed by atoms with Gasteiger partial charge in [0.15, 0.2) is 0 Å². The van der Waals surface area contributed by atoms with Crippen LogP contribution in [0.5, 0.6) is 5.75 Å². The SMILES string of the molecule is CCc1cc(-c2cc(N)on2)c(OC)c(C(C)(C)C)c1. The summed E-state index contributed by atoms with van der Waals surface area (Å²) in [5, 5.41) is 4.01. The molecule has 0 atom stereocenters. The van der Waals surface area contributed by atoms with Gasteiger partial charge < -0.3 is 15.0 Å². The van der Waals surface area contributed by atoms with Crippen LogP contribution in [0.1, 0.15) is 38.8 Å². The molecule has 0 spiro atoms. The number of nitrogens with zero attached hydrogens (tertiary/aromatic N) is 1. The Kier molecular flexibility index (Phi) is 3.75. The maximum Gasteiger partial charge on any atom is 0.222 e. The van der Waals surface area contributed by atoms with Crippen LogP contribution >= 0.6 is 0 Å². The molecule has 0 bridgehead atoms. The van der Waals surface area contributed by atoms with Gasteiger partial charge in [0.1, 0.15) is 11.4 Å². The van der Waals surface area contributed by atoms with E-state index in [0.717, 1.165) is 23.3 Å². The fraction of sp³-hybridized carbons (Fsp3) is 0.438. The second kappa shape index (κ2) is 5.19. The van der Waals surface area contributed by atoms with E-state index in [1.807, 2.05) is 0 Å². The molecule has 1 aromatic carbocycles. The number of ether oxygens (including phenoxy) is 1. The van der Waals surface area contributed by atoms with Gasteiger partial charge in [0.05, 0.1) is 7.11 Å². The Bertz CT molecular complexity index is 609. The van der Waals surface area contributed by atoms with Crippen LogP contribution in [0.3, 0.4) is 0 Å². The smallest absolute Gasteiger partial charge is 0.222 e. The van der Waals surface area contributed by atoms with Gasteiger partial charge in [0.25, 0.3) is 0 Å². The second-order valence-electron chi connectivity index (χ2n) is 5.94. The van der Waals surface area contributed by atoms with Crippen LogP contribution in [0.25, 0.3) is 11.3 Å². The second-order valence-corrected chi connectivity index (χ2v) is 5.94. The van der Waals surface area contributed by atoms with Gasteiger partial charge in [-0.25, -0.2) is 0 Å². The molecule has 0 amide bonds. The highest BCUT2D eigenvalue weighted by molar-refractivity contribution is 5.72. The summed E-state index contributed by atoms with van der Waals surface area (Å²) in [6, 6.07) is 6.01. The van der Waals surface area contributed by atoms with Gasteiger partial charge in [-0.3, -0.25) is 0 Å². The van der Waals surface area contributed by atoms with Crippen LogP contribution in [0.2, 0.25) is 0 Å². The van der Waals surface area contributed by atoms with Gasteiger partial charge in [-0.2, -0.15) is 0 Å². The van der Waals surface area contributed by atoms with E-state index in [1.54, 1.807) is 13.2 Å². The zero-order valence-corrected chi connectivity index (χ0v) is 12.8. The summed E-state index contributed by atoms with van der Waals surface area (Å²) in [6.45, 7) is 8.65. The van der Waals surface area contributed by atoms with Gasteiger partial charge in [0.2, 0.25) is 5.88 Å². The molecule has 0 radical (unpaired) electrons. The topological polar surface area (TPSA) is 61.3 Å². The first kappa shape index (κ1) is 14.4. The normalized spacial score (nSPS) is 11.7. The van der Waals surface area contributed by atoms with Crippen molar-refractivity contribution in [3.63, 3.8) is 0 Å². The van der Waals surface area contributed by atoms with Gasteiger partial charge >= 0.3 is 0 Å². The molecule has 0 aliphatic heterocycles. The minimum Gasteiger partial charge on any atom is -0.496 e. The summed E-state index contributed by atoms with van der Waals surface area (Å²) in [7, 11) is 1.68. The summed E-state index contributed by atoms with van der Waals surface area (Å²) >= 11 is 0. The highest BCUT2D eigenvalue weighted by Gasteiger charge is 2.24. The molecular weight excluding hydrogens is 252 g/mol. The first-order valence-corrected chi connectivity index (χ1v) is 6.80. The lowest BCUT2D eigenvalue weighted by Gasteiger charge is -2.24. The first-order valence-electron chi connectivity index (χ1n) is 6.80. The Hall–Kier alpha value is -1.97. The average molecular weight is 274 g/mol. The van der Waals surface area contributed by atoms with E-state index in [2.05, 4.69) is 45.0 Å². The summed E-state index contributed by atoms with van der Waals surface area (Å²) < 4.78 is 10.6. The van der Waals surface area contributed by atoms with Crippen LogP contribution in [-0.4, -0.2) is 12.3 Å². The monoisotopic (exact) mass is 274 g/mol. The van der Waals surface area contributed by atoms with Crippen molar-refractivity contribution in [3.8, 4) is 17.0 Å². The summed E-state index contributed by atoms with van der Waals surface area (Å²) in [4.78, 5) is 0. The number of anilines is 1. The number of aryl methyl sites for hydroxylation is 1. The molecule has 0 aliphatic carbocycles. The van der Waals surface area contributed by atoms with E-state index in [4.69, 9.17) is 15.0 Å². The summed E-state index contributed by atoms with van der Waals surface area (Å²) in [5.41, 5.74) is 9.66. The van der Waals surface area contributed by atoms with Crippen molar-refractivity contribution < 1.29 is 9.26 Å². The van der Waals surface area contributed by atoms with Crippen LogP contribution < -0.4 is 10.5 Å². The fourth-order valence-electron chi connectivity index (χ4n) is 2.28. The van der Waals surface area contributed by atoms with E-state index in [1.165, 1.54) is 5.56 Å². The average Bonchev–Trinajstić information content (AvgIpc) is 2.82. The van der Waals surface area contributed by atoms with Crippen molar-refractivity contribution >= 4 is 5.88 Å². The lowest BCUT2D eigenvalue weighted by molar-refractivity contribution is 0.397. The number of benzene rings is 1. The van der Waals surface area contributed by atoms with Crippen molar-refractivity contribution in [1.82, 2.24) is 5.16 Å².